The fourth-order valence-electron chi connectivity index (χ4n) is 3.51. The fraction of sp³-hybridized carbons (Fsp3) is 0.300. The number of carboxylic acids is 1. The highest BCUT2D eigenvalue weighted by atomic mass is 32.2. The number of carbonyl (C=O) groups excluding carboxylic acids is 3. The number of nitrogens with zero attached hydrogens (tertiary/aromatic N) is 4. The Labute approximate surface area is 212 Å². The van der Waals surface area contributed by atoms with Crippen molar-refractivity contribution >= 4 is 63.5 Å². The number of rotatable bonds is 9. The lowest BCUT2D eigenvalue weighted by Crippen LogP contribution is -2.71. The number of aliphatic carboxylic acids is 1. The number of nitrogens with two attached hydrogens (primary N) is 1. The Kier molecular flexibility index (Phi) is 7.47. The Balaban J connectivity index is 1.47. The minimum Gasteiger partial charge on any atom is -0.543 e. The van der Waals surface area contributed by atoms with Crippen molar-refractivity contribution in [3.05, 3.63) is 46.9 Å². The molecule has 0 aromatic carbocycles. The van der Waals surface area contributed by atoms with Crippen molar-refractivity contribution < 1.29 is 29.0 Å². The van der Waals surface area contributed by atoms with Crippen LogP contribution in [0.2, 0.25) is 0 Å². The number of anilines is 1. The Hall–Kier alpha value is -3.30. The summed E-state index contributed by atoms with van der Waals surface area (Å²) in [6, 6.07) is 2.86. The molecule has 12 nitrogen and oxygen atoms in total. The number of β-lactam (4-membered cyclic amide) rings is 1. The topological polar surface area (TPSA) is 166 Å². The third kappa shape index (κ3) is 5.06. The molecule has 0 spiro atoms. The van der Waals surface area contributed by atoms with E-state index in [0.717, 1.165) is 16.2 Å². The van der Waals surface area contributed by atoms with Gasteiger partial charge in [-0.2, -0.15) is 5.43 Å². The molecule has 0 saturated carbocycles. The van der Waals surface area contributed by atoms with E-state index in [0.29, 0.717) is 17.1 Å². The van der Waals surface area contributed by atoms with Crippen LogP contribution in [-0.2, 0) is 19.2 Å². The SMILES string of the molecule is CN[n+]1ccc(SCC2=C(C(=O)[O-])N3C(=O)[C@H](NC(=O)/C(=N/OC)c4csc(N)n4)[C@@H]3SC2)cc1. The molecule has 4 rings (SSSR count). The van der Waals surface area contributed by atoms with E-state index in [-0.39, 0.29) is 22.2 Å². The average Bonchev–Trinajstić information content (AvgIpc) is 3.29. The number of hydrogen-bond donors (Lipinski definition) is 3. The van der Waals surface area contributed by atoms with E-state index in [9.17, 15) is 19.5 Å². The third-order valence-corrected chi connectivity index (χ3v) is 8.27. The highest BCUT2D eigenvalue weighted by molar-refractivity contribution is 8.01. The molecule has 2 aromatic rings. The maximum atomic E-state index is 12.9. The zero-order chi connectivity index (χ0) is 25.1. The lowest BCUT2D eigenvalue weighted by Gasteiger charge is -2.50. The third-order valence-electron chi connectivity index (χ3n) is 5.16. The molecule has 35 heavy (non-hydrogen) atoms. The van der Waals surface area contributed by atoms with E-state index in [4.69, 9.17) is 10.6 Å². The van der Waals surface area contributed by atoms with Crippen LogP contribution in [0, 0.1) is 0 Å². The van der Waals surface area contributed by atoms with Gasteiger partial charge in [-0.1, -0.05) is 9.83 Å². The summed E-state index contributed by atoms with van der Waals surface area (Å²) in [6.07, 6.45) is 3.69. The quantitative estimate of drug-likeness (QED) is 0.116. The molecule has 2 aliphatic heterocycles. The van der Waals surface area contributed by atoms with E-state index < -0.39 is 29.2 Å². The molecular weight excluding hydrogens is 514 g/mol. The molecule has 4 heterocycles. The van der Waals surface area contributed by atoms with Gasteiger partial charge in [-0.05, 0) is 5.57 Å². The van der Waals surface area contributed by atoms with Gasteiger partial charge in [0, 0.05) is 33.9 Å². The van der Waals surface area contributed by atoms with E-state index >= 15 is 0 Å². The maximum Gasteiger partial charge on any atom is 0.276 e. The summed E-state index contributed by atoms with van der Waals surface area (Å²) in [6.45, 7) is 0. The number of pyridine rings is 1. The van der Waals surface area contributed by atoms with E-state index in [2.05, 4.69) is 20.9 Å². The summed E-state index contributed by atoms with van der Waals surface area (Å²) in [4.78, 5) is 48.6. The molecule has 184 valence electrons. The van der Waals surface area contributed by atoms with Crippen molar-refractivity contribution in [2.24, 2.45) is 5.16 Å². The van der Waals surface area contributed by atoms with E-state index in [1.807, 2.05) is 24.5 Å². The molecule has 4 N–H and O–H groups in total. The van der Waals surface area contributed by atoms with Gasteiger partial charge in [-0.15, -0.1) is 34.9 Å². The van der Waals surface area contributed by atoms with E-state index in [1.165, 1.54) is 35.5 Å². The second-order valence-electron chi connectivity index (χ2n) is 7.25. The first-order chi connectivity index (χ1) is 16.8. The van der Waals surface area contributed by atoms with Gasteiger partial charge >= 0.3 is 0 Å². The zero-order valence-corrected chi connectivity index (χ0v) is 21.0. The molecule has 1 fully saturated rings. The molecule has 1 saturated heterocycles. The number of carboxylic acid groups (broad SMARTS) is 1. The highest BCUT2D eigenvalue weighted by Gasteiger charge is 2.53. The van der Waals surface area contributed by atoms with Crippen LogP contribution in [0.4, 0.5) is 5.13 Å². The van der Waals surface area contributed by atoms with Gasteiger partial charge in [-0.3, -0.25) is 14.5 Å². The van der Waals surface area contributed by atoms with Crippen molar-refractivity contribution in [3.63, 3.8) is 0 Å². The van der Waals surface area contributed by atoms with Crippen LogP contribution in [-0.4, -0.2) is 70.5 Å². The number of hydrogen-bond acceptors (Lipinski definition) is 12. The first-order valence-electron chi connectivity index (χ1n) is 10.2. The Morgan fingerprint density at radius 2 is 2.17 bits per heavy atom. The number of amides is 2. The van der Waals surface area contributed by atoms with Gasteiger partial charge < -0.3 is 25.8 Å². The summed E-state index contributed by atoms with van der Waals surface area (Å²) in [5, 5.41) is 19.5. The monoisotopic (exact) mass is 535 g/mol. The lowest BCUT2D eigenvalue weighted by molar-refractivity contribution is -0.647. The van der Waals surface area contributed by atoms with Crippen molar-refractivity contribution in [2.45, 2.75) is 16.3 Å². The van der Waals surface area contributed by atoms with Crippen molar-refractivity contribution in [1.82, 2.24) is 15.2 Å². The average molecular weight is 536 g/mol. The van der Waals surface area contributed by atoms with Gasteiger partial charge in [0.15, 0.2) is 10.8 Å². The van der Waals surface area contributed by atoms with Crippen LogP contribution in [0.25, 0.3) is 0 Å². The Morgan fingerprint density at radius 3 is 2.77 bits per heavy atom. The summed E-state index contributed by atoms with van der Waals surface area (Å²) in [5.74, 6) is -1.89. The largest absolute Gasteiger partial charge is 0.543 e. The molecule has 0 radical (unpaired) electrons. The van der Waals surface area contributed by atoms with Crippen LogP contribution in [0.15, 0.2) is 51.2 Å². The van der Waals surface area contributed by atoms with Crippen LogP contribution >= 0.6 is 34.9 Å². The van der Waals surface area contributed by atoms with Crippen LogP contribution < -0.4 is 26.3 Å². The first kappa shape index (κ1) is 24.8. The summed E-state index contributed by atoms with van der Waals surface area (Å²) < 4.78 is 1.77. The van der Waals surface area contributed by atoms with E-state index in [1.54, 1.807) is 17.1 Å². The summed E-state index contributed by atoms with van der Waals surface area (Å²) >= 11 is 3.96. The van der Waals surface area contributed by atoms with Crippen LogP contribution in [0.3, 0.4) is 0 Å². The number of oxime groups is 1. The van der Waals surface area contributed by atoms with Gasteiger partial charge in [0.25, 0.3) is 11.8 Å². The number of nitrogen functional groups attached to an aromatic ring is 1. The molecule has 15 heteroatoms. The number of fused-ring (bicyclic) bond motifs is 1. The summed E-state index contributed by atoms with van der Waals surface area (Å²) in [5.41, 5.74) is 9.11. The normalized spacial score (nSPS) is 19.7. The molecule has 0 bridgehead atoms. The second-order valence-corrected chi connectivity index (χ2v) is 10.3. The lowest BCUT2D eigenvalue weighted by atomic mass is 10.0. The summed E-state index contributed by atoms with van der Waals surface area (Å²) in [7, 11) is 3.07. The van der Waals surface area contributed by atoms with Gasteiger partial charge in [-0.25, -0.2) is 4.98 Å². The smallest absolute Gasteiger partial charge is 0.276 e. The maximum absolute atomic E-state index is 12.9. The van der Waals surface area contributed by atoms with Crippen molar-refractivity contribution in [1.29, 1.82) is 0 Å². The zero-order valence-electron chi connectivity index (χ0n) is 18.6. The molecular formula is C20H21N7O5S3. The predicted molar refractivity (Wildman–Crippen MR) is 130 cm³/mol. The number of thiazole rings is 1. The number of aromatic nitrogens is 2. The number of nitrogens with one attached hydrogen (secondary N) is 2. The number of thioether (sulfide) groups is 2. The van der Waals surface area contributed by atoms with Crippen LogP contribution in [0.1, 0.15) is 5.69 Å². The first-order valence-corrected chi connectivity index (χ1v) is 13.1. The molecule has 2 amide bonds. The van der Waals surface area contributed by atoms with Crippen molar-refractivity contribution in [3.8, 4) is 0 Å². The standard InChI is InChI=1S/C20H21N7O5S3/c1-22-26-5-3-11(4-6-26)33-7-10-8-34-18-14(17(29)27(18)15(10)19(30)31)24-16(28)13(25-32-2)12-9-35-20(21)23-12/h3-6,9,14,18,22H,7-8H2,1-2H3,(H3-,21,23,24,28,30,31)/b25-13+/t14-,18-/m0/s1. The van der Waals surface area contributed by atoms with Crippen LogP contribution in [0.5, 0.6) is 0 Å². The second kappa shape index (κ2) is 10.5. The molecule has 0 unspecified atom stereocenters. The molecule has 2 atom stereocenters. The molecule has 2 aliphatic rings. The van der Waals surface area contributed by atoms with Gasteiger partial charge in [0.05, 0.1) is 18.7 Å². The predicted octanol–water partition coefficient (Wildman–Crippen LogP) is -1.27. The molecule has 0 aliphatic carbocycles. The van der Waals surface area contributed by atoms with Gasteiger partial charge in [0.2, 0.25) is 12.4 Å². The number of carbonyl (C=O) groups is 3. The Bertz CT molecular complexity index is 1210. The minimum absolute atomic E-state index is 0.136. The van der Waals surface area contributed by atoms with Gasteiger partial charge in [0.1, 0.15) is 24.2 Å². The fourth-order valence-corrected chi connectivity index (χ4v) is 6.43. The minimum atomic E-state index is -1.43. The Morgan fingerprint density at radius 1 is 1.43 bits per heavy atom. The van der Waals surface area contributed by atoms with Crippen molar-refractivity contribution in [2.75, 3.05) is 36.8 Å². The highest BCUT2D eigenvalue weighted by Crippen LogP contribution is 2.41. The molecule has 2 aromatic heterocycles.